The molecule has 0 radical (unpaired) electrons. The average Bonchev–Trinajstić information content (AvgIpc) is 2.65. The smallest absolute Gasteiger partial charge is 0.284 e. The molecule has 7 heteroatoms. The van der Waals surface area contributed by atoms with Crippen LogP contribution in [0, 0.1) is 21.9 Å². The van der Waals surface area contributed by atoms with Gasteiger partial charge in [-0.2, -0.15) is 0 Å². The standard InChI is InChI=1S/C9H7N3O3S/c1-5-2-3-6(12(13)14)4-7(5)8-10-11-9(16)15-8/h2-4H,1H3,(H,11,16). The van der Waals surface area contributed by atoms with Gasteiger partial charge in [-0.05, 0) is 24.7 Å². The summed E-state index contributed by atoms with van der Waals surface area (Å²) < 4.78 is 5.11. The number of hydrogen-bond donors (Lipinski definition) is 1. The Morgan fingerprint density at radius 2 is 2.31 bits per heavy atom. The number of aromatic amines is 1. The lowest BCUT2D eigenvalue weighted by Crippen LogP contribution is -1.90. The summed E-state index contributed by atoms with van der Waals surface area (Å²) >= 11 is 4.74. The lowest BCUT2D eigenvalue weighted by atomic mass is 10.1. The van der Waals surface area contributed by atoms with Gasteiger partial charge in [0.05, 0.1) is 4.92 Å². The van der Waals surface area contributed by atoms with E-state index in [2.05, 4.69) is 10.2 Å². The summed E-state index contributed by atoms with van der Waals surface area (Å²) in [4.78, 5) is 10.3. The quantitative estimate of drug-likeness (QED) is 0.493. The minimum atomic E-state index is -0.468. The van der Waals surface area contributed by atoms with Crippen molar-refractivity contribution in [1.29, 1.82) is 0 Å². The lowest BCUT2D eigenvalue weighted by molar-refractivity contribution is -0.384. The van der Waals surface area contributed by atoms with Crippen LogP contribution in [-0.4, -0.2) is 15.1 Å². The number of H-pyrrole nitrogens is 1. The largest absolute Gasteiger partial charge is 0.409 e. The van der Waals surface area contributed by atoms with Gasteiger partial charge in [-0.15, -0.1) is 5.10 Å². The van der Waals surface area contributed by atoms with Gasteiger partial charge in [0.1, 0.15) is 0 Å². The molecule has 16 heavy (non-hydrogen) atoms. The second-order valence-electron chi connectivity index (χ2n) is 3.17. The van der Waals surface area contributed by atoms with Crippen LogP contribution in [0.1, 0.15) is 5.56 Å². The molecule has 2 rings (SSSR count). The molecule has 2 aromatic rings. The molecule has 0 spiro atoms. The lowest BCUT2D eigenvalue weighted by Gasteiger charge is -1.99. The number of aryl methyl sites for hydroxylation is 1. The van der Waals surface area contributed by atoms with Crippen LogP contribution in [0.3, 0.4) is 0 Å². The third-order valence-corrected chi connectivity index (χ3v) is 2.28. The van der Waals surface area contributed by atoms with Gasteiger partial charge in [0, 0.05) is 17.7 Å². The van der Waals surface area contributed by atoms with Crippen LogP contribution in [-0.2, 0) is 0 Å². The number of nitrogens with one attached hydrogen (secondary N) is 1. The zero-order valence-corrected chi connectivity index (χ0v) is 9.08. The van der Waals surface area contributed by atoms with E-state index in [9.17, 15) is 10.1 Å². The van der Waals surface area contributed by atoms with Crippen molar-refractivity contribution < 1.29 is 9.34 Å². The molecule has 0 bridgehead atoms. The fraction of sp³-hybridized carbons (Fsp3) is 0.111. The predicted octanol–water partition coefficient (Wildman–Crippen LogP) is 2.62. The SMILES string of the molecule is Cc1ccc([N+](=O)[O-])cc1-c1n[nH]c(=S)o1. The van der Waals surface area contributed by atoms with E-state index in [1.54, 1.807) is 6.07 Å². The summed E-state index contributed by atoms with van der Waals surface area (Å²) in [6.45, 7) is 1.81. The van der Waals surface area contributed by atoms with Gasteiger partial charge in [-0.3, -0.25) is 10.1 Å². The van der Waals surface area contributed by atoms with Crippen molar-refractivity contribution in [1.82, 2.24) is 10.2 Å². The Bertz CT molecular complexity index is 602. The van der Waals surface area contributed by atoms with E-state index in [1.165, 1.54) is 12.1 Å². The summed E-state index contributed by atoms with van der Waals surface area (Å²) in [5.41, 5.74) is 1.38. The van der Waals surface area contributed by atoms with Crippen LogP contribution in [0.15, 0.2) is 22.6 Å². The van der Waals surface area contributed by atoms with Crippen molar-refractivity contribution in [3.05, 3.63) is 38.7 Å². The summed E-state index contributed by atoms with van der Waals surface area (Å²) in [5, 5.41) is 16.9. The molecule has 0 aliphatic heterocycles. The molecule has 82 valence electrons. The maximum atomic E-state index is 10.6. The van der Waals surface area contributed by atoms with Crippen LogP contribution in [0.25, 0.3) is 11.5 Å². The molecule has 6 nitrogen and oxygen atoms in total. The van der Waals surface area contributed by atoms with Crippen LogP contribution in [0.2, 0.25) is 0 Å². The number of nitrogens with zero attached hydrogens (tertiary/aromatic N) is 2. The Morgan fingerprint density at radius 3 is 2.88 bits per heavy atom. The normalized spacial score (nSPS) is 10.3. The zero-order valence-electron chi connectivity index (χ0n) is 8.26. The van der Waals surface area contributed by atoms with Gasteiger partial charge in [-0.25, -0.2) is 5.10 Å². The Hall–Kier alpha value is -2.02. The third-order valence-electron chi connectivity index (χ3n) is 2.10. The number of non-ortho nitro benzene ring substituents is 1. The number of hydrogen-bond acceptors (Lipinski definition) is 5. The molecule has 0 atom stereocenters. The fourth-order valence-electron chi connectivity index (χ4n) is 1.30. The van der Waals surface area contributed by atoms with Gasteiger partial charge in [0.2, 0.25) is 5.89 Å². The first-order valence-electron chi connectivity index (χ1n) is 4.39. The second kappa shape index (κ2) is 3.86. The van der Waals surface area contributed by atoms with Gasteiger partial charge in [-0.1, -0.05) is 6.07 Å². The third kappa shape index (κ3) is 1.84. The van der Waals surface area contributed by atoms with Crippen molar-refractivity contribution >= 4 is 17.9 Å². The number of nitro groups is 1. The van der Waals surface area contributed by atoms with Crippen LogP contribution in [0.5, 0.6) is 0 Å². The molecule has 1 heterocycles. The minimum absolute atomic E-state index is 0.00952. The van der Waals surface area contributed by atoms with Crippen molar-refractivity contribution in [3.8, 4) is 11.5 Å². The van der Waals surface area contributed by atoms with Crippen molar-refractivity contribution in [2.75, 3.05) is 0 Å². The van der Waals surface area contributed by atoms with E-state index in [0.29, 0.717) is 5.56 Å². The molecule has 0 saturated carbocycles. The topological polar surface area (TPSA) is 85.0 Å². The summed E-state index contributed by atoms with van der Waals surface area (Å²) in [7, 11) is 0. The Balaban J connectivity index is 2.59. The van der Waals surface area contributed by atoms with E-state index < -0.39 is 4.92 Å². The number of benzene rings is 1. The molecule has 0 aliphatic rings. The van der Waals surface area contributed by atoms with Gasteiger partial charge in [0.25, 0.3) is 10.5 Å². The molecule has 0 aliphatic carbocycles. The molecule has 1 aromatic heterocycles. The molecule has 0 saturated heterocycles. The molecule has 1 aromatic carbocycles. The molecule has 0 fully saturated rings. The van der Waals surface area contributed by atoms with Crippen molar-refractivity contribution in [3.63, 3.8) is 0 Å². The predicted molar refractivity (Wildman–Crippen MR) is 58.5 cm³/mol. The highest BCUT2D eigenvalue weighted by Crippen LogP contribution is 2.25. The van der Waals surface area contributed by atoms with Crippen LogP contribution in [0.4, 0.5) is 5.69 Å². The second-order valence-corrected chi connectivity index (χ2v) is 3.55. The number of aromatic nitrogens is 2. The van der Waals surface area contributed by atoms with E-state index >= 15 is 0 Å². The first-order valence-corrected chi connectivity index (χ1v) is 4.79. The highest BCUT2D eigenvalue weighted by molar-refractivity contribution is 7.71. The Labute approximate surface area is 95.1 Å². The van der Waals surface area contributed by atoms with Crippen molar-refractivity contribution in [2.24, 2.45) is 0 Å². The highest BCUT2D eigenvalue weighted by Gasteiger charge is 2.13. The van der Waals surface area contributed by atoms with Gasteiger partial charge >= 0.3 is 0 Å². The highest BCUT2D eigenvalue weighted by atomic mass is 32.1. The summed E-state index contributed by atoms with van der Waals surface area (Å²) in [6, 6.07) is 4.48. The van der Waals surface area contributed by atoms with E-state index in [-0.39, 0.29) is 16.4 Å². The summed E-state index contributed by atoms with van der Waals surface area (Å²) in [6.07, 6.45) is 0. The molecule has 1 N–H and O–H groups in total. The molecule has 0 unspecified atom stereocenters. The zero-order chi connectivity index (χ0) is 11.7. The van der Waals surface area contributed by atoms with E-state index in [1.807, 2.05) is 6.92 Å². The number of nitro benzene ring substituents is 1. The van der Waals surface area contributed by atoms with Crippen LogP contribution >= 0.6 is 12.2 Å². The monoisotopic (exact) mass is 237 g/mol. The molecular weight excluding hydrogens is 230 g/mol. The first-order chi connectivity index (χ1) is 7.58. The van der Waals surface area contributed by atoms with Gasteiger partial charge in [0.15, 0.2) is 0 Å². The maximum absolute atomic E-state index is 10.6. The average molecular weight is 237 g/mol. The van der Waals surface area contributed by atoms with E-state index in [4.69, 9.17) is 16.6 Å². The Kier molecular flexibility index (Phi) is 2.53. The molecule has 0 amide bonds. The minimum Gasteiger partial charge on any atom is -0.409 e. The van der Waals surface area contributed by atoms with Crippen LogP contribution < -0.4 is 0 Å². The number of rotatable bonds is 2. The van der Waals surface area contributed by atoms with E-state index in [0.717, 1.165) is 5.56 Å². The van der Waals surface area contributed by atoms with Gasteiger partial charge < -0.3 is 4.42 Å². The van der Waals surface area contributed by atoms with Crippen molar-refractivity contribution in [2.45, 2.75) is 6.92 Å². The fourth-order valence-corrected chi connectivity index (χ4v) is 1.42. The Morgan fingerprint density at radius 1 is 1.56 bits per heavy atom. The molecular formula is C9H7N3O3S. The summed E-state index contributed by atoms with van der Waals surface area (Å²) in [5.74, 6) is 0.256. The first kappa shape index (κ1) is 10.5. The maximum Gasteiger partial charge on any atom is 0.284 e.